The summed E-state index contributed by atoms with van der Waals surface area (Å²) in [5, 5.41) is 0.305. The third kappa shape index (κ3) is 3.73. The van der Waals surface area contributed by atoms with Crippen molar-refractivity contribution in [3.05, 3.63) is 23.2 Å². The van der Waals surface area contributed by atoms with Crippen molar-refractivity contribution >= 4 is 38.9 Å². The van der Waals surface area contributed by atoms with Gasteiger partial charge in [-0.3, -0.25) is 4.72 Å². The second kappa shape index (κ2) is 5.61. The van der Waals surface area contributed by atoms with Gasteiger partial charge in [0.05, 0.1) is 23.6 Å². The number of nitrogens with one attached hydrogen (secondary N) is 1. The van der Waals surface area contributed by atoms with Gasteiger partial charge in [-0.15, -0.1) is 11.6 Å². The fraction of sp³-hybridized carbons (Fsp3) is 0.333. The van der Waals surface area contributed by atoms with Crippen molar-refractivity contribution in [1.29, 1.82) is 0 Å². The van der Waals surface area contributed by atoms with Gasteiger partial charge in [0.1, 0.15) is 5.75 Å². The van der Waals surface area contributed by atoms with Crippen LogP contribution < -0.4 is 9.46 Å². The fourth-order valence-electron chi connectivity index (χ4n) is 1.03. The standard InChI is InChI=1S/C9H11Cl2NO3S/c1-15-7-2-3-8(11)9(6-7)12-16(13,14)5-4-10/h2-3,6,12H,4-5H2,1H3. The highest BCUT2D eigenvalue weighted by molar-refractivity contribution is 7.92. The number of rotatable bonds is 5. The molecular formula is C9H11Cl2NO3S. The number of sulfonamides is 1. The Bertz CT molecular complexity index is 462. The average Bonchev–Trinajstić information content (AvgIpc) is 2.21. The largest absolute Gasteiger partial charge is 0.497 e. The summed E-state index contributed by atoms with van der Waals surface area (Å²) in [5.74, 6) is 0.381. The van der Waals surface area contributed by atoms with Gasteiger partial charge in [0.25, 0.3) is 0 Å². The third-order valence-corrected chi connectivity index (χ3v) is 3.80. The Kier molecular flexibility index (Phi) is 4.70. The predicted octanol–water partition coefficient (Wildman–Crippen LogP) is 2.33. The quantitative estimate of drug-likeness (QED) is 0.844. The molecule has 0 aromatic heterocycles. The first-order chi connectivity index (χ1) is 7.48. The normalized spacial score (nSPS) is 11.2. The lowest BCUT2D eigenvalue weighted by Crippen LogP contribution is -2.17. The third-order valence-electron chi connectivity index (χ3n) is 1.78. The van der Waals surface area contributed by atoms with Gasteiger partial charge in [-0.2, -0.15) is 0 Å². The van der Waals surface area contributed by atoms with E-state index in [2.05, 4.69) is 4.72 Å². The van der Waals surface area contributed by atoms with Crippen LogP contribution in [0.4, 0.5) is 5.69 Å². The number of methoxy groups -OCH3 is 1. The molecule has 0 saturated carbocycles. The molecule has 0 aliphatic heterocycles. The van der Waals surface area contributed by atoms with Crippen molar-refractivity contribution in [3.63, 3.8) is 0 Å². The SMILES string of the molecule is COc1ccc(Cl)c(NS(=O)(=O)CCCl)c1. The highest BCUT2D eigenvalue weighted by Gasteiger charge is 2.12. The average molecular weight is 284 g/mol. The molecule has 0 aliphatic carbocycles. The second-order valence-electron chi connectivity index (χ2n) is 2.96. The van der Waals surface area contributed by atoms with Crippen LogP contribution in [0.15, 0.2) is 18.2 Å². The van der Waals surface area contributed by atoms with Gasteiger partial charge >= 0.3 is 0 Å². The highest BCUT2D eigenvalue weighted by Crippen LogP contribution is 2.27. The lowest BCUT2D eigenvalue weighted by atomic mass is 10.3. The molecule has 0 saturated heterocycles. The van der Waals surface area contributed by atoms with E-state index in [4.69, 9.17) is 27.9 Å². The number of hydrogen-bond acceptors (Lipinski definition) is 3. The van der Waals surface area contributed by atoms with Crippen molar-refractivity contribution in [2.24, 2.45) is 0 Å². The molecule has 0 atom stereocenters. The van der Waals surface area contributed by atoms with Crippen LogP contribution in [-0.2, 0) is 10.0 Å². The number of hydrogen-bond donors (Lipinski definition) is 1. The summed E-state index contributed by atoms with van der Waals surface area (Å²) < 4.78 is 30.2. The van der Waals surface area contributed by atoms with Crippen LogP contribution in [0.2, 0.25) is 5.02 Å². The van der Waals surface area contributed by atoms with Crippen molar-refractivity contribution in [3.8, 4) is 5.75 Å². The summed E-state index contributed by atoms with van der Waals surface area (Å²) in [4.78, 5) is 0. The second-order valence-corrected chi connectivity index (χ2v) is 5.58. The smallest absolute Gasteiger partial charge is 0.233 e. The van der Waals surface area contributed by atoms with Crippen molar-refractivity contribution < 1.29 is 13.2 Å². The van der Waals surface area contributed by atoms with E-state index < -0.39 is 10.0 Å². The van der Waals surface area contributed by atoms with E-state index >= 15 is 0 Å². The molecule has 16 heavy (non-hydrogen) atoms. The van der Waals surface area contributed by atoms with Crippen molar-refractivity contribution in [2.75, 3.05) is 23.5 Å². The molecule has 0 aliphatic rings. The van der Waals surface area contributed by atoms with Gasteiger partial charge in [0, 0.05) is 11.9 Å². The molecular weight excluding hydrogens is 273 g/mol. The van der Waals surface area contributed by atoms with Crippen LogP contribution in [0.3, 0.4) is 0 Å². The molecule has 0 unspecified atom stereocenters. The molecule has 0 fully saturated rings. The number of anilines is 1. The molecule has 0 heterocycles. The topological polar surface area (TPSA) is 55.4 Å². The zero-order valence-electron chi connectivity index (χ0n) is 8.54. The van der Waals surface area contributed by atoms with Gasteiger partial charge in [0.2, 0.25) is 10.0 Å². The molecule has 0 spiro atoms. The molecule has 1 aromatic rings. The zero-order chi connectivity index (χ0) is 12.2. The predicted molar refractivity (Wildman–Crippen MR) is 66.1 cm³/mol. The zero-order valence-corrected chi connectivity index (χ0v) is 10.9. The van der Waals surface area contributed by atoms with E-state index in [1.807, 2.05) is 0 Å². The van der Waals surface area contributed by atoms with E-state index in [0.29, 0.717) is 10.8 Å². The van der Waals surface area contributed by atoms with Crippen LogP contribution >= 0.6 is 23.2 Å². The number of benzene rings is 1. The van der Waals surface area contributed by atoms with E-state index in [1.165, 1.54) is 13.2 Å². The molecule has 4 nitrogen and oxygen atoms in total. The summed E-state index contributed by atoms with van der Waals surface area (Å²) in [7, 11) is -1.97. The summed E-state index contributed by atoms with van der Waals surface area (Å²) >= 11 is 11.2. The molecule has 0 amide bonds. The van der Waals surface area contributed by atoms with Crippen LogP contribution in [-0.4, -0.2) is 27.2 Å². The van der Waals surface area contributed by atoms with Gasteiger partial charge in [-0.25, -0.2) is 8.42 Å². The van der Waals surface area contributed by atoms with Gasteiger partial charge < -0.3 is 4.74 Å². The van der Waals surface area contributed by atoms with Gasteiger partial charge in [-0.05, 0) is 12.1 Å². The van der Waals surface area contributed by atoms with Crippen LogP contribution in [0.25, 0.3) is 0 Å². The first kappa shape index (κ1) is 13.4. The molecule has 90 valence electrons. The Morgan fingerprint density at radius 1 is 1.44 bits per heavy atom. The highest BCUT2D eigenvalue weighted by atomic mass is 35.5. The Balaban J connectivity index is 2.96. The Morgan fingerprint density at radius 3 is 2.69 bits per heavy atom. The van der Waals surface area contributed by atoms with Crippen LogP contribution in [0.1, 0.15) is 0 Å². The minimum Gasteiger partial charge on any atom is -0.497 e. The maximum Gasteiger partial charge on any atom is 0.233 e. The summed E-state index contributed by atoms with van der Waals surface area (Å²) in [6.07, 6.45) is 0. The van der Waals surface area contributed by atoms with E-state index in [0.717, 1.165) is 0 Å². The molecule has 1 N–H and O–H groups in total. The summed E-state index contributed by atoms with van der Waals surface area (Å²) in [6.45, 7) is 0. The Labute approximate surface area is 105 Å². The summed E-state index contributed by atoms with van der Waals surface area (Å²) in [6, 6.07) is 4.70. The first-order valence-electron chi connectivity index (χ1n) is 4.38. The van der Waals surface area contributed by atoms with Crippen molar-refractivity contribution in [1.82, 2.24) is 0 Å². The maximum absolute atomic E-state index is 11.5. The number of alkyl halides is 1. The molecule has 0 bridgehead atoms. The Morgan fingerprint density at radius 2 is 2.12 bits per heavy atom. The van der Waals surface area contributed by atoms with Gasteiger partial charge in [0.15, 0.2) is 0 Å². The van der Waals surface area contributed by atoms with E-state index in [-0.39, 0.29) is 17.3 Å². The van der Waals surface area contributed by atoms with Crippen molar-refractivity contribution in [2.45, 2.75) is 0 Å². The summed E-state index contributed by atoms with van der Waals surface area (Å²) in [5.41, 5.74) is 0.283. The number of ether oxygens (including phenoxy) is 1. The Hall–Kier alpha value is -0.650. The lowest BCUT2D eigenvalue weighted by Gasteiger charge is -2.09. The fourth-order valence-corrected chi connectivity index (χ4v) is 2.67. The molecule has 7 heteroatoms. The molecule has 0 radical (unpaired) electrons. The first-order valence-corrected chi connectivity index (χ1v) is 6.95. The number of halogens is 2. The minimum atomic E-state index is -3.45. The minimum absolute atomic E-state index is 0.0247. The lowest BCUT2D eigenvalue weighted by molar-refractivity contribution is 0.415. The van der Waals surface area contributed by atoms with E-state index in [9.17, 15) is 8.42 Å². The van der Waals surface area contributed by atoms with Crippen LogP contribution in [0.5, 0.6) is 5.75 Å². The maximum atomic E-state index is 11.5. The molecule has 1 aromatic carbocycles. The monoisotopic (exact) mass is 283 g/mol. The van der Waals surface area contributed by atoms with Gasteiger partial charge in [-0.1, -0.05) is 11.6 Å². The van der Waals surface area contributed by atoms with Crippen LogP contribution in [0, 0.1) is 0 Å². The van der Waals surface area contributed by atoms with E-state index in [1.54, 1.807) is 12.1 Å². The molecule has 1 rings (SSSR count).